The third kappa shape index (κ3) is 3.92. The zero-order chi connectivity index (χ0) is 13.8. The van der Waals surface area contributed by atoms with Crippen molar-refractivity contribution in [1.82, 2.24) is 5.32 Å². The van der Waals surface area contributed by atoms with Crippen molar-refractivity contribution in [2.24, 2.45) is 10.7 Å². The summed E-state index contributed by atoms with van der Waals surface area (Å²) < 4.78 is 0. The van der Waals surface area contributed by atoms with E-state index in [9.17, 15) is 0 Å². The topological polar surface area (TPSA) is 62.4 Å². The molecule has 0 unspecified atom stereocenters. The summed E-state index contributed by atoms with van der Waals surface area (Å²) in [7, 11) is 0. The molecule has 1 aliphatic rings. The molecule has 0 heterocycles. The van der Waals surface area contributed by atoms with Crippen LogP contribution in [0.5, 0.6) is 0 Å². The van der Waals surface area contributed by atoms with Gasteiger partial charge in [0.25, 0.3) is 0 Å². The minimum absolute atomic E-state index is 0.389. The minimum atomic E-state index is 0.389. The summed E-state index contributed by atoms with van der Waals surface area (Å²) in [5.74, 6) is 0.395. The van der Waals surface area contributed by atoms with Crippen LogP contribution in [0.3, 0.4) is 0 Å². The molecular weight excluding hydrogens is 256 g/mol. The Morgan fingerprint density at radius 2 is 2.21 bits per heavy atom. The van der Waals surface area contributed by atoms with E-state index in [4.69, 9.17) is 18.0 Å². The lowest BCUT2D eigenvalue weighted by Crippen LogP contribution is -2.39. The van der Waals surface area contributed by atoms with Gasteiger partial charge in [0.05, 0.1) is 6.04 Å². The van der Waals surface area contributed by atoms with Crippen LogP contribution in [-0.4, -0.2) is 17.1 Å². The molecule has 0 atom stereocenters. The molecule has 1 aromatic rings. The van der Waals surface area contributed by atoms with Crippen LogP contribution >= 0.6 is 12.2 Å². The molecular formula is C14H20N4S. The standard InChI is InChI=1S/C14H20N4S/c1-3-10-6-4-5-9(2)12(10)17-14(19)18-13(15)16-11-7-8-11/h4-6,11H,3,7-8H2,1-2H3,(H4,15,16,17,18,19). The van der Waals surface area contributed by atoms with Crippen molar-refractivity contribution in [3.63, 3.8) is 0 Å². The van der Waals surface area contributed by atoms with Gasteiger partial charge in [0.2, 0.25) is 0 Å². The van der Waals surface area contributed by atoms with Crippen LogP contribution in [0.1, 0.15) is 30.9 Å². The number of nitrogens with zero attached hydrogens (tertiary/aromatic N) is 1. The lowest BCUT2D eigenvalue weighted by molar-refractivity contribution is 1.04. The molecule has 0 aliphatic heterocycles. The van der Waals surface area contributed by atoms with Crippen molar-refractivity contribution in [3.05, 3.63) is 29.3 Å². The molecule has 4 nitrogen and oxygen atoms in total. The Morgan fingerprint density at radius 1 is 1.47 bits per heavy atom. The van der Waals surface area contributed by atoms with E-state index in [0.717, 1.165) is 24.9 Å². The molecule has 0 amide bonds. The minimum Gasteiger partial charge on any atom is -0.370 e. The summed E-state index contributed by atoms with van der Waals surface area (Å²) in [5.41, 5.74) is 9.25. The molecule has 1 aliphatic carbocycles. The summed E-state index contributed by atoms with van der Waals surface area (Å²) in [6.07, 6.45) is 3.21. The number of aliphatic imine (C=N–C) groups is 1. The number of guanidine groups is 1. The van der Waals surface area contributed by atoms with E-state index in [0.29, 0.717) is 17.1 Å². The van der Waals surface area contributed by atoms with Crippen molar-refractivity contribution in [2.75, 3.05) is 5.32 Å². The number of nitrogens with two attached hydrogens (primary N) is 1. The lowest BCUT2D eigenvalue weighted by Gasteiger charge is -2.15. The van der Waals surface area contributed by atoms with Gasteiger partial charge in [0.1, 0.15) is 0 Å². The number of para-hydroxylation sites is 1. The number of hydrogen-bond donors (Lipinski definition) is 3. The number of nitrogens with one attached hydrogen (secondary N) is 2. The fourth-order valence-corrected chi connectivity index (χ4v) is 2.10. The average molecular weight is 276 g/mol. The smallest absolute Gasteiger partial charge is 0.195 e. The fraction of sp³-hybridized carbons (Fsp3) is 0.429. The maximum Gasteiger partial charge on any atom is 0.195 e. The number of rotatable bonds is 3. The van der Waals surface area contributed by atoms with Crippen molar-refractivity contribution in [2.45, 2.75) is 39.2 Å². The summed E-state index contributed by atoms with van der Waals surface area (Å²) in [5, 5.41) is 6.63. The van der Waals surface area contributed by atoms with Gasteiger partial charge in [-0.15, -0.1) is 0 Å². The molecule has 5 heteroatoms. The Morgan fingerprint density at radius 3 is 2.84 bits per heavy atom. The van der Waals surface area contributed by atoms with Crippen molar-refractivity contribution >= 4 is 29.0 Å². The third-order valence-electron chi connectivity index (χ3n) is 3.09. The Kier molecular flexibility index (Phi) is 4.37. The Balaban J connectivity index is 2.02. The van der Waals surface area contributed by atoms with Gasteiger partial charge in [-0.05, 0) is 49.5 Å². The maximum atomic E-state index is 5.79. The van der Waals surface area contributed by atoms with Crippen LogP contribution in [0.15, 0.2) is 23.2 Å². The highest BCUT2D eigenvalue weighted by Gasteiger charge is 2.20. The van der Waals surface area contributed by atoms with Gasteiger partial charge < -0.3 is 16.4 Å². The first-order valence-corrected chi connectivity index (χ1v) is 7.00. The first kappa shape index (κ1) is 13.8. The molecule has 0 spiro atoms. The first-order chi connectivity index (χ1) is 9.10. The fourth-order valence-electron chi connectivity index (χ4n) is 1.90. The zero-order valence-corrected chi connectivity index (χ0v) is 12.2. The second kappa shape index (κ2) is 6.02. The van der Waals surface area contributed by atoms with E-state index in [1.165, 1.54) is 11.1 Å². The number of hydrogen-bond acceptors (Lipinski definition) is 2. The van der Waals surface area contributed by atoms with E-state index in [1.807, 2.05) is 0 Å². The lowest BCUT2D eigenvalue weighted by atomic mass is 10.1. The average Bonchev–Trinajstić information content (AvgIpc) is 3.15. The predicted octanol–water partition coefficient (Wildman–Crippen LogP) is 2.32. The van der Waals surface area contributed by atoms with Crippen molar-refractivity contribution in [3.8, 4) is 0 Å². The van der Waals surface area contributed by atoms with Crippen LogP contribution in [0.4, 0.5) is 5.69 Å². The molecule has 102 valence electrons. The monoisotopic (exact) mass is 276 g/mol. The summed E-state index contributed by atoms with van der Waals surface area (Å²) in [6, 6.07) is 6.60. The Hall–Kier alpha value is -1.62. The van der Waals surface area contributed by atoms with Crippen LogP contribution in [0.25, 0.3) is 0 Å². The number of aryl methyl sites for hydroxylation is 2. The number of benzene rings is 1. The first-order valence-electron chi connectivity index (χ1n) is 6.60. The third-order valence-corrected chi connectivity index (χ3v) is 3.29. The normalized spacial score (nSPS) is 15.2. The SMILES string of the molecule is CCc1cccc(C)c1NC(=S)NC(N)=NC1CC1. The molecule has 0 radical (unpaired) electrons. The zero-order valence-electron chi connectivity index (χ0n) is 11.4. The van der Waals surface area contributed by atoms with E-state index < -0.39 is 0 Å². The van der Waals surface area contributed by atoms with Crippen molar-refractivity contribution in [1.29, 1.82) is 0 Å². The van der Waals surface area contributed by atoms with E-state index in [1.54, 1.807) is 0 Å². The molecule has 2 rings (SSSR count). The van der Waals surface area contributed by atoms with E-state index in [2.05, 4.69) is 47.7 Å². The Bertz CT molecular complexity index is 506. The van der Waals surface area contributed by atoms with Gasteiger partial charge in [-0.25, -0.2) is 4.99 Å². The Labute approximate surface area is 119 Å². The molecule has 1 fully saturated rings. The van der Waals surface area contributed by atoms with Crippen LogP contribution in [0.2, 0.25) is 0 Å². The molecule has 19 heavy (non-hydrogen) atoms. The largest absolute Gasteiger partial charge is 0.370 e. The van der Waals surface area contributed by atoms with Crippen LogP contribution in [0, 0.1) is 6.92 Å². The second-order valence-electron chi connectivity index (χ2n) is 4.79. The van der Waals surface area contributed by atoms with Gasteiger partial charge in [-0.2, -0.15) is 0 Å². The number of anilines is 1. The maximum absolute atomic E-state index is 5.79. The van der Waals surface area contributed by atoms with Crippen molar-refractivity contribution < 1.29 is 0 Å². The summed E-state index contributed by atoms with van der Waals surface area (Å²) in [4.78, 5) is 4.29. The quantitative estimate of drug-likeness (QED) is 0.450. The molecule has 0 saturated heterocycles. The van der Waals surface area contributed by atoms with Crippen LogP contribution < -0.4 is 16.4 Å². The van der Waals surface area contributed by atoms with E-state index >= 15 is 0 Å². The predicted molar refractivity (Wildman–Crippen MR) is 84.6 cm³/mol. The molecule has 0 bridgehead atoms. The van der Waals surface area contributed by atoms with Gasteiger partial charge in [-0.1, -0.05) is 25.1 Å². The van der Waals surface area contributed by atoms with Gasteiger partial charge in [0.15, 0.2) is 11.1 Å². The highest BCUT2D eigenvalue weighted by Crippen LogP contribution is 2.23. The van der Waals surface area contributed by atoms with Gasteiger partial charge in [0, 0.05) is 5.69 Å². The van der Waals surface area contributed by atoms with Gasteiger partial charge in [-0.3, -0.25) is 0 Å². The summed E-state index contributed by atoms with van der Waals surface area (Å²) in [6.45, 7) is 4.19. The van der Waals surface area contributed by atoms with Crippen LogP contribution in [-0.2, 0) is 6.42 Å². The molecule has 0 aromatic heterocycles. The second-order valence-corrected chi connectivity index (χ2v) is 5.20. The molecule has 1 saturated carbocycles. The molecule has 4 N–H and O–H groups in total. The number of thiocarbonyl (C=S) groups is 1. The van der Waals surface area contributed by atoms with E-state index in [-0.39, 0.29) is 0 Å². The molecule has 1 aromatic carbocycles. The highest BCUT2D eigenvalue weighted by molar-refractivity contribution is 7.80. The van der Waals surface area contributed by atoms with Gasteiger partial charge >= 0.3 is 0 Å². The summed E-state index contributed by atoms with van der Waals surface area (Å²) >= 11 is 5.27. The highest BCUT2D eigenvalue weighted by atomic mass is 32.1.